The van der Waals surface area contributed by atoms with Crippen LogP contribution in [0.3, 0.4) is 0 Å². The molecule has 0 aliphatic rings. The Labute approximate surface area is 117 Å². The third-order valence-electron chi connectivity index (χ3n) is 3.56. The highest BCUT2D eigenvalue weighted by Crippen LogP contribution is 2.28. The zero-order valence-electron chi connectivity index (χ0n) is 12.4. The lowest BCUT2D eigenvalue weighted by atomic mass is 9.95. The summed E-state index contributed by atoms with van der Waals surface area (Å²) in [6.45, 7) is 3.02. The fraction of sp³-hybridized carbons (Fsp3) is 0.625. The molecule has 0 saturated carbocycles. The number of benzene rings is 1. The quantitative estimate of drug-likeness (QED) is 0.744. The van der Waals surface area contributed by atoms with Gasteiger partial charge >= 0.3 is 0 Å². The van der Waals surface area contributed by atoms with Crippen LogP contribution in [0.15, 0.2) is 18.2 Å². The molecular formula is C16H27NO2. The van der Waals surface area contributed by atoms with E-state index in [2.05, 4.69) is 19.1 Å². The van der Waals surface area contributed by atoms with Gasteiger partial charge in [0.15, 0.2) is 11.5 Å². The maximum absolute atomic E-state index is 5.79. The van der Waals surface area contributed by atoms with Crippen molar-refractivity contribution in [2.24, 2.45) is 11.7 Å². The Balaban J connectivity index is 2.49. The Morgan fingerprint density at radius 1 is 1.11 bits per heavy atom. The van der Waals surface area contributed by atoms with Gasteiger partial charge in [-0.1, -0.05) is 19.4 Å². The van der Waals surface area contributed by atoms with Gasteiger partial charge in [-0.05, 0) is 55.8 Å². The van der Waals surface area contributed by atoms with Gasteiger partial charge in [-0.15, -0.1) is 0 Å². The molecule has 3 nitrogen and oxygen atoms in total. The van der Waals surface area contributed by atoms with Gasteiger partial charge in [0.25, 0.3) is 0 Å². The van der Waals surface area contributed by atoms with Crippen LogP contribution in [0.5, 0.6) is 11.5 Å². The first-order valence-corrected chi connectivity index (χ1v) is 7.16. The van der Waals surface area contributed by atoms with Crippen molar-refractivity contribution in [1.82, 2.24) is 0 Å². The molecule has 0 bridgehead atoms. The third-order valence-corrected chi connectivity index (χ3v) is 3.56. The standard InChI is InChI=1S/C16H27NO2/c1-4-6-14(12-17)8-5-7-13-9-10-15(18-2)16(11-13)19-3/h9-11,14H,4-8,12,17H2,1-3H3. The molecule has 1 aromatic rings. The molecule has 0 radical (unpaired) electrons. The second-order valence-corrected chi connectivity index (χ2v) is 4.97. The summed E-state index contributed by atoms with van der Waals surface area (Å²) in [5.41, 5.74) is 7.08. The number of ether oxygens (including phenoxy) is 2. The molecule has 1 unspecified atom stereocenters. The summed E-state index contributed by atoms with van der Waals surface area (Å²) in [5.74, 6) is 2.27. The molecule has 0 heterocycles. The van der Waals surface area contributed by atoms with E-state index < -0.39 is 0 Å². The minimum Gasteiger partial charge on any atom is -0.493 e. The van der Waals surface area contributed by atoms with E-state index in [1.54, 1.807) is 14.2 Å². The predicted octanol–water partition coefficient (Wildman–Crippen LogP) is 3.40. The van der Waals surface area contributed by atoms with E-state index in [4.69, 9.17) is 15.2 Å². The summed E-state index contributed by atoms with van der Waals surface area (Å²) in [6.07, 6.45) is 5.91. The molecule has 19 heavy (non-hydrogen) atoms. The summed E-state index contributed by atoms with van der Waals surface area (Å²) in [4.78, 5) is 0. The minimum absolute atomic E-state index is 0.671. The Morgan fingerprint density at radius 3 is 2.42 bits per heavy atom. The van der Waals surface area contributed by atoms with Crippen LogP contribution in [-0.2, 0) is 6.42 Å². The highest BCUT2D eigenvalue weighted by Gasteiger charge is 2.07. The summed E-state index contributed by atoms with van der Waals surface area (Å²) >= 11 is 0. The van der Waals surface area contributed by atoms with Crippen molar-refractivity contribution in [2.45, 2.75) is 39.0 Å². The van der Waals surface area contributed by atoms with E-state index in [1.807, 2.05) is 6.07 Å². The predicted molar refractivity (Wildman–Crippen MR) is 79.9 cm³/mol. The van der Waals surface area contributed by atoms with Crippen LogP contribution in [0.4, 0.5) is 0 Å². The number of hydrogen-bond donors (Lipinski definition) is 1. The first-order valence-electron chi connectivity index (χ1n) is 7.16. The van der Waals surface area contributed by atoms with E-state index in [9.17, 15) is 0 Å². The molecule has 2 N–H and O–H groups in total. The van der Waals surface area contributed by atoms with E-state index in [-0.39, 0.29) is 0 Å². The second kappa shape index (κ2) is 8.81. The second-order valence-electron chi connectivity index (χ2n) is 4.97. The Bertz CT molecular complexity index is 366. The van der Waals surface area contributed by atoms with Crippen LogP contribution in [0.1, 0.15) is 38.2 Å². The van der Waals surface area contributed by atoms with Gasteiger partial charge in [0.05, 0.1) is 14.2 Å². The molecule has 1 rings (SSSR count). The van der Waals surface area contributed by atoms with Crippen LogP contribution in [0.25, 0.3) is 0 Å². The molecule has 0 aromatic heterocycles. The fourth-order valence-electron chi connectivity index (χ4n) is 2.42. The minimum atomic E-state index is 0.671. The highest BCUT2D eigenvalue weighted by atomic mass is 16.5. The van der Waals surface area contributed by atoms with Crippen LogP contribution in [0.2, 0.25) is 0 Å². The van der Waals surface area contributed by atoms with Crippen molar-refractivity contribution in [1.29, 1.82) is 0 Å². The molecule has 0 spiro atoms. The molecule has 1 atom stereocenters. The Kier molecular flexibility index (Phi) is 7.34. The lowest BCUT2D eigenvalue weighted by Gasteiger charge is -2.14. The fourth-order valence-corrected chi connectivity index (χ4v) is 2.42. The van der Waals surface area contributed by atoms with Gasteiger partial charge in [-0.2, -0.15) is 0 Å². The van der Waals surface area contributed by atoms with Crippen molar-refractivity contribution in [3.63, 3.8) is 0 Å². The van der Waals surface area contributed by atoms with Crippen LogP contribution < -0.4 is 15.2 Å². The molecule has 108 valence electrons. The average Bonchev–Trinajstić information content (AvgIpc) is 2.46. The first-order chi connectivity index (χ1) is 9.24. The first kappa shape index (κ1) is 15.8. The Hall–Kier alpha value is -1.22. The number of rotatable bonds is 9. The van der Waals surface area contributed by atoms with Gasteiger partial charge in [0, 0.05) is 0 Å². The van der Waals surface area contributed by atoms with Gasteiger partial charge in [0.2, 0.25) is 0 Å². The van der Waals surface area contributed by atoms with E-state index >= 15 is 0 Å². The number of aryl methyl sites for hydroxylation is 1. The molecule has 0 saturated heterocycles. The zero-order chi connectivity index (χ0) is 14.1. The highest BCUT2D eigenvalue weighted by molar-refractivity contribution is 5.42. The number of methoxy groups -OCH3 is 2. The van der Waals surface area contributed by atoms with Gasteiger partial charge < -0.3 is 15.2 Å². The summed E-state index contributed by atoms with van der Waals surface area (Å²) in [5, 5.41) is 0. The van der Waals surface area contributed by atoms with E-state index in [0.29, 0.717) is 5.92 Å². The summed E-state index contributed by atoms with van der Waals surface area (Å²) in [7, 11) is 3.33. The van der Waals surface area contributed by atoms with Crippen molar-refractivity contribution in [2.75, 3.05) is 20.8 Å². The van der Waals surface area contributed by atoms with Gasteiger partial charge in [-0.25, -0.2) is 0 Å². The van der Waals surface area contributed by atoms with Gasteiger partial charge in [-0.3, -0.25) is 0 Å². The number of hydrogen-bond acceptors (Lipinski definition) is 3. The smallest absolute Gasteiger partial charge is 0.160 e. The normalized spacial score (nSPS) is 12.2. The molecule has 0 aliphatic heterocycles. The molecule has 1 aromatic carbocycles. The Morgan fingerprint density at radius 2 is 1.84 bits per heavy atom. The monoisotopic (exact) mass is 265 g/mol. The van der Waals surface area contributed by atoms with Crippen LogP contribution in [0, 0.1) is 5.92 Å². The summed E-state index contributed by atoms with van der Waals surface area (Å²) in [6, 6.07) is 6.15. The zero-order valence-corrected chi connectivity index (χ0v) is 12.4. The lowest BCUT2D eigenvalue weighted by molar-refractivity contribution is 0.354. The van der Waals surface area contributed by atoms with Crippen molar-refractivity contribution >= 4 is 0 Å². The van der Waals surface area contributed by atoms with Crippen LogP contribution in [-0.4, -0.2) is 20.8 Å². The van der Waals surface area contributed by atoms with Crippen molar-refractivity contribution in [3.05, 3.63) is 23.8 Å². The number of nitrogens with two attached hydrogens (primary N) is 1. The van der Waals surface area contributed by atoms with E-state index in [1.165, 1.54) is 31.2 Å². The molecule has 0 amide bonds. The maximum Gasteiger partial charge on any atom is 0.160 e. The van der Waals surface area contributed by atoms with E-state index in [0.717, 1.165) is 24.5 Å². The summed E-state index contributed by atoms with van der Waals surface area (Å²) < 4.78 is 10.6. The molecule has 0 fully saturated rings. The average molecular weight is 265 g/mol. The maximum atomic E-state index is 5.79. The van der Waals surface area contributed by atoms with Crippen molar-refractivity contribution < 1.29 is 9.47 Å². The SMILES string of the molecule is CCCC(CN)CCCc1ccc(OC)c(OC)c1. The van der Waals surface area contributed by atoms with Crippen LogP contribution >= 0.6 is 0 Å². The molecule has 3 heteroatoms. The van der Waals surface area contributed by atoms with Gasteiger partial charge in [0.1, 0.15) is 0 Å². The lowest BCUT2D eigenvalue weighted by Crippen LogP contribution is -2.14. The third kappa shape index (κ3) is 5.11. The topological polar surface area (TPSA) is 44.5 Å². The molecule has 0 aliphatic carbocycles. The largest absolute Gasteiger partial charge is 0.493 e. The van der Waals surface area contributed by atoms with Crippen molar-refractivity contribution in [3.8, 4) is 11.5 Å². The molecular weight excluding hydrogens is 238 g/mol.